The van der Waals surface area contributed by atoms with Gasteiger partial charge in [0.1, 0.15) is 5.78 Å². The molecule has 0 saturated heterocycles. The van der Waals surface area contributed by atoms with E-state index in [9.17, 15) is 34.2 Å². The molecule has 36 heavy (non-hydrogen) atoms. The molecule has 0 radical (unpaired) electrons. The topological polar surface area (TPSA) is 174 Å². The molecule has 0 aromatic heterocycles. The van der Waals surface area contributed by atoms with Crippen LogP contribution in [0.15, 0.2) is 0 Å². The molecule has 208 valence electrons. The molecule has 0 aromatic rings. The maximum Gasteiger partial charge on any atom is 0.319 e. The van der Waals surface area contributed by atoms with Crippen LogP contribution in [0.1, 0.15) is 6.92 Å². The van der Waals surface area contributed by atoms with Crippen LogP contribution < -0.4 is 20.8 Å². The van der Waals surface area contributed by atoms with Gasteiger partial charge in [0, 0.05) is 63.9 Å². The average Bonchev–Trinajstić information content (AvgIpc) is 2.78. The van der Waals surface area contributed by atoms with Gasteiger partial charge in [0.05, 0.1) is 38.7 Å². The summed E-state index contributed by atoms with van der Waals surface area (Å²) >= 11 is 0. The quantitative estimate of drug-likeness (QED) is 0.0711. The van der Waals surface area contributed by atoms with Crippen molar-refractivity contribution in [3.63, 3.8) is 0 Å². The number of nitrogens with one attached hydrogen (secondary N) is 2. The summed E-state index contributed by atoms with van der Waals surface area (Å²) in [7, 11) is 6.40. The normalized spacial score (nSPS) is 11.2. The van der Waals surface area contributed by atoms with Crippen molar-refractivity contribution in [2.75, 3.05) is 97.7 Å². The summed E-state index contributed by atoms with van der Waals surface area (Å²) in [6.45, 7) is 1.92. The van der Waals surface area contributed by atoms with Crippen molar-refractivity contribution in [1.82, 2.24) is 25.3 Å². The molecule has 0 aliphatic carbocycles. The Morgan fingerprint density at radius 2 is 1.25 bits per heavy atom. The third-order valence-corrected chi connectivity index (χ3v) is 7.00. The lowest BCUT2D eigenvalue weighted by Crippen LogP contribution is -2.49. The molecule has 0 aliphatic heterocycles. The van der Waals surface area contributed by atoms with E-state index in [0.717, 1.165) is 12.3 Å². The average molecular weight is 552 g/mol. The number of nitrogens with zero attached hydrogens (tertiary/aromatic N) is 3. The Morgan fingerprint density at radius 3 is 1.75 bits per heavy atom. The molecule has 0 fully saturated rings. The lowest BCUT2D eigenvalue weighted by atomic mass is 10.3. The Labute approximate surface area is 220 Å². The SMILES string of the molecule is CNCCSSCCNC(=O)CN(CCN(CCN(CC(C)=O)CC(=O)OC)CC(=O)[O-])CC(=O)[O-]. The van der Waals surface area contributed by atoms with Gasteiger partial charge < -0.3 is 35.2 Å². The summed E-state index contributed by atoms with van der Waals surface area (Å²) in [4.78, 5) is 62.1. The lowest BCUT2D eigenvalue weighted by Gasteiger charge is -2.29. The predicted octanol–water partition coefficient (Wildman–Crippen LogP) is -4.13. The fourth-order valence-corrected chi connectivity index (χ4v) is 4.86. The van der Waals surface area contributed by atoms with Gasteiger partial charge in [-0.05, 0) is 14.0 Å². The molecular formula is C21H37N5O8S2-2. The molecule has 0 bridgehead atoms. The number of aliphatic carboxylic acids is 2. The minimum atomic E-state index is -1.36. The van der Waals surface area contributed by atoms with Crippen LogP contribution >= 0.6 is 21.6 Å². The summed E-state index contributed by atoms with van der Waals surface area (Å²) in [6, 6.07) is 0. The number of esters is 1. The second-order valence-electron chi connectivity index (χ2n) is 7.82. The maximum atomic E-state index is 12.2. The number of ketones is 1. The molecule has 2 N–H and O–H groups in total. The molecular weight excluding hydrogens is 514 g/mol. The van der Waals surface area contributed by atoms with Crippen LogP contribution in [0.5, 0.6) is 0 Å². The first-order valence-electron chi connectivity index (χ1n) is 11.4. The zero-order valence-electron chi connectivity index (χ0n) is 21.1. The molecule has 0 unspecified atom stereocenters. The van der Waals surface area contributed by atoms with Crippen LogP contribution in [0.2, 0.25) is 0 Å². The number of amides is 1. The highest BCUT2D eigenvalue weighted by molar-refractivity contribution is 8.76. The van der Waals surface area contributed by atoms with E-state index < -0.39 is 31.0 Å². The minimum Gasteiger partial charge on any atom is -0.549 e. The Bertz CT molecular complexity index is 701. The van der Waals surface area contributed by atoms with E-state index in [1.54, 1.807) is 21.6 Å². The van der Waals surface area contributed by atoms with Crippen molar-refractivity contribution in [2.24, 2.45) is 0 Å². The predicted molar refractivity (Wildman–Crippen MR) is 134 cm³/mol. The standard InChI is InChI=1S/C21H39N5O8S2/c1-17(27)12-25(16-21(33)34-3)8-6-24(14-19(29)30)7-9-26(15-20(31)32)13-18(28)23-5-11-36-35-10-4-22-2/h22H,4-16H2,1-3H3,(H,23,28)(H,29,30)(H,31,32)/p-2. The summed E-state index contributed by atoms with van der Waals surface area (Å²) < 4.78 is 4.62. The van der Waals surface area contributed by atoms with Crippen molar-refractivity contribution < 1.29 is 38.9 Å². The van der Waals surface area contributed by atoms with Crippen molar-refractivity contribution in [3.8, 4) is 0 Å². The molecule has 0 saturated carbocycles. The Balaban J connectivity index is 4.82. The molecule has 0 rings (SSSR count). The van der Waals surface area contributed by atoms with Gasteiger partial charge in [-0.25, -0.2) is 0 Å². The van der Waals surface area contributed by atoms with E-state index in [4.69, 9.17) is 0 Å². The largest absolute Gasteiger partial charge is 0.549 e. The second kappa shape index (κ2) is 21.2. The zero-order valence-corrected chi connectivity index (χ0v) is 22.7. The van der Waals surface area contributed by atoms with Gasteiger partial charge in [0.25, 0.3) is 0 Å². The number of methoxy groups -OCH3 is 1. The number of carboxylic acid groups (broad SMARTS) is 2. The number of hydrogen-bond donors (Lipinski definition) is 2. The van der Waals surface area contributed by atoms with Crippen molar-refractivity contribution >= 4 is 51.2 Å². The monoisotopic (exact) mass is 551 g/mol. The fraction of sp³-hybridized carbons (Fsp3) is 0.762. The third-order valence-electron chi connectivity index (χ3n) is 4.59. The number of carbonyl (C=O) groups is 5. The molecule has 13 nitrogen and oxygen atoms in total. The second-order valence-corrected chi connectivity index (χ2v) is 10.5. The van der Waals surface area contributed by atoms with E-state index in [1.165, 1.54) is 28.7 Å². The Morgan fingerprint density at radius 1 is 0.750 bits per heavy atom. The minimum absolute atomic E-state index is 0.0163. The van der Waals surface area contributed by atoms with E-state index in [-0.39, 0.29) is 57.5 Å². The molecule has 1 amide bonds. The van der Waals surface area contributed by atoms with Crippen LogP contribution in [0.25, 0.3) is 0 Å². The molecule has 0 heterocycles. The molecule has 0 aromatic carbocycles. The van der Waals surface area contributed by atoms with Crippen LogP contribution in [-0.4, -0.2) is 142 Å². The molecule has 15 heteroatoms. The number of ether oxygens (including phenoxy) is 1. The van der Waals surface area contributed by atoms with Crippen LogP contribution in [0.4, 0.5) is 0 Å². The maximum absolute atomic E-state index is 12.2. The van der Waals surface area contributed by atoms with Crippen molar-refractivity contribution in [3.05, 3.63) is 0 Å². The number of carbonyl (C=O) groups excluding carboxylic acids is 5. The zero-order chi connectivity index (χ0) is 27.3. The van der Waals surface area contributed by atoms with Crippen LogP contribution in [0.3, 0.4) is 0 Å². The van der Waals surface area contributed by atoms with E-state index >= 15 is 0 Å². The summed E-state index contributed by atoms with van der Waals surface area (Å²) in [5, 5.41) is 28.1. The Kier molecular flexibility index (Phi) is 20.1. The van der Waals surface area contributed by atoms with E-state index in [0.29, 0.717) is 12.3 Å². The number of carboxylic acids is 2. The van der Waals surface area contributed by atoms with Crippen LogP contribution in [0, 0.1) is 0 Å². The summed E-state index contributed by atoms with van der Waals surface area (Å²) in [5.74, 6) is -2.13. The first-order chi connectivity index (χ1) is 17.1. The van der Waals surface area contributed by atoms with Crippen LogP contribution in [-0.2, 0) is 28.7 Å². The highest BCUT2D eigenvalue weighted by Crippen LogP contribution is 2.19. The highest BCUT2D eigenvalue weighted by Gasteiger charge is 2.17. The summed E-state index contributed by atoms with van der Waals surface area (Å²) in [6.07, 6.45) is 0. The molecule has 0 atom stereocenters. The molecule has 0 aliphatic rings. The first-order valence-corrected chi connectivity index (χ1v) is 13.8. The lowest BCUT2D eigenvalue weighted by molar-refractivity contribution is -0.308. The Hall–Kier alpha value is -1.91. The van der Waals surface area contributed by atoms with Gasteiger partial charge in [0.15, 0.2) is 0 Å². The van der Waals surface area contributed by atoms with Gasteiger partial charge in [-0.1, -0.05) is 21.6 Å². The first kappa shape index (κ1) is 34.1. The molecule has 0 spiro atoms. The van der Waals surface area contributed by atoms with Gasteiger partial charge in [-0.2, -0.15) is 0 Å². The van der Waals surface area contributed by atoms with Crippen molar-refractivity contribution in [1.29, 1.82) is 0 Å². The number of Topliss-reactive ketones (excluding diaryl/α,β-unsaturated/α-hetero) is 1. The highest BCUT2D eigenvalue weighted by atomic mass is 33.1. The van der Waals surface area contributed by atoms with Gasteiger partial charge in [-0.15, -0.1) is 0 Å². The van der Waals surface area contributed by atoms with Gasteiger partial charge in [-0.3, -0.25) is 29.1 Å². The van der Waals surface area contributed by atoms with E-state index in [2.05, 4.69) is 15.4 Å². The smallest absolute Gasteiger partial charge is 0.319 e. The van der Waals surface area contributed by atoms with Crippen molar-refractivity contribution in [2.45, 2.75) is 6.92 Å². The number of rotatable bonds is 23. The van der Waals surface area contributed by atoms with Gasteiger partial charge >= 0.3 is 5.97 Å². The van der Waals surface area contributed by atoms with Gasteiger partial charge in [0.2, 0.25) is 5.91 Å². The number of hydrogen-bond acceptors (Lipinski definition) is 14. The fourth-order valence-electron chi connectivity index (χ4n) is 2.94. The summed E-state index contributed by atoms with van der Waals surface area (Å²) in [5.41, 5.74) is 0. The van der Waals surface area contributed by atoms with E-state index in [1.807, 2.05) is 7.05 Å². The third kappa shape index (κ3) is 20.3.